The van der Waals surface area contributed by atoms with Crippen molar-refractivity contribution >= 4 is 10.9 Å². The van der Waals surface area contributed by atoms with Gasteiger partial charge >= 0.3 is 0 Å². The van der Waals surface area contributed by atoms with Crippen LogP contribution in [-0.2, 0) is 6.54 Å². The van der Waals surface area contributed by atoms with E-state index in [1.165, 1.54) is 12.8 Å². The summed E-state index contributed by atoms with van der Waals surface area (Å²) in [4.78, 5) is 17.0. The predicted octanol–water partition coefficient (Wildman–Crippen LogP) is 1.83. The molecule has 3 rings (SSSR count). The number of fused-ring (bicyclic) bond motifs is 1. The fraction of sp³-hybridized carbons (Fsp3) is 0.357. The Kier molecular flexibility index (Phi) is 2.80. The zero-order chi connectivity index (χ0) is 12.5. The first-order valence-corrected chi connectivity index (χ1v) is 6.31. The minimum Gasteiger partial charge on any atom is -0.507 e. The van der Waals surface area contributed by atoms with Gasteiger partial charge < -0.3 is 10.1 Å². The number of nitrogens with zero attached hydrogens (tertiary/aromatic N) is 1. The van der Waals surface area contributed by atoms with Crippen molar-refractivity contribution in [2.45, 2.75) is 19.4 Å². The van der Waals surface area contributed by atoms with Crippen LogP contribution in [0.25, 0.3) is 10.9 Å². The molecule has 0 spiro atoms. The van der Waals surface area contributed by atoms with E-state index in [-0.39, 0.29) is 11.3 Å². The van der Waals surface area contributed by atoms with Gasteiger partial charge in [0.25, 0.3) is 5.56 Å². The molecule has 0 aliphatic carbocycles. The van der Waals surface area contributed by atoms with Crippen LogP contribution in [0.15, 0.2) is 29.1 Å². The van der Waals surface area contributed by atoms with Crippen LogP contribution < -0.4 is 5.56 Å². The SMILES string of the molecule is O=c1[nH]c2ccccc2c(O)c1CN1CCCC1. The van der Waals surface area contributed by atoms with Gasteiger partial charge in [-0.1, -0.05) is 12.1 Å². The number of aromatic amines is 1. The quantitative estimate of drug-likeness (QED) is 0.847. The molecule has 0 unspecified atom stereocenters. The van der Waals surface area contributed by atoms with Gasteiger partial charge in [-0.2, -0.15) is 0 Å². The van der Waals surface area contributed by atoms with Crippen molar-refractivity contribution in [2.24, 2.45) is 0 Å². The minimum atomic E-state index is -0.182. The molecule has 0 atom stereocenters. The molecule has 4 heteroatoms. The lowest BCUT2D eigenvalue weighted by atomic mass is 10.1. The number of para-hydroxylation sites is 1. The summed E-state index contributed by atoms with van der Waals surface area (Å²) in [5, 5.41) is 11.0. The molecular formula is C14H16N2O2. The molecule has 4 nitrogen and oxygen atoms in total. The number of hydrogen-bond donors (Lipinski definition) is 2. The summed E-state index contributed by atoms with van der Waals surface area (Å²) >= 11 is 0. The number of likely N-dealkylation sites (tertiary alicyclic amines) is 1. The monoisotopic (exact) mass is 244 g/mol. The van der Waals surface area contributed by atoms with Gasteiger partial charge in [0.15, 0.2) is 0 Å². The molecule has 0 amide bonds. The normalized spacial score (nSPS) is 16.4. The Balaban J connectivity index is 2.07. The third kappa shape index (κ3) is 1.88. The minimum absolute atomic E-state index is 0.126. The number of aromatic hydroxyl groups is 1. The summed E-state index contributed by atoms with van der Waals surface area (Å²) in [7, 11) is 0. The zero-order valence-electron chi connectivity index (χ0n) is 10.1. The Bertz CT molecular complexity index is 627. The molecule has 1 fully saturated rings. The standard InChI is InChI=1S/C14H16N2O2/c17-13-10-5-1-2-6-12(10)15-14(18)11(13)9-16-7-3-4-8-16/h1-2,5-6H,3-4,7-9H2,(H2,15,17,18). The first-order valence-electron chi connectivity index (χ1n) is 6.31. The third-order valence-electron chi connectivity index (χ3n) is 3.57. The van der Waals surface area contributed by atoms with E-state index >= 15 is 0 Å². The van der Waals surface area contributed by atoms with Crippen molar-refractivity contribution < 1.29 is 5.11 Å². The third-order valence-corrected chi connectivity index (χ3v) is 3.57. The van der Waals surface area contributed by atoms with E-state index in [0.717, 1.165) is 13.1 Å². The van der Waals surface area contributed by atoms with Crippen LogP contribution in [0.3, 0.4) is 0 Å². The average molecular weight is 244 g/mol. The molecule has 1 aromatic carbocycles. The van der Waals surface area contributed by atoms with Crippen LogP contribution >= 0.6 is 0 Å². The van der Waals surface area contributed by atoms with Crippen LogP contribution in [-0.4, -0.2) is 28.1 Å². The summed E-state index contributed by atoms with van der Waals surface area (Å²) in [5.74, 6) is 0.126. The van der Waals surface area contributed by atoms with Crippen molar-refractivity contribution in [3.8, 4) is 5.75 Å². The molecule has 1 aliphatic rings. The predicted molar refractivity (Wildman–Crippen MR) is 70.7 cm³/mol. The second-order valence-corrected chi connectivity index (χ2v) is 4.81. The molecule has 1 aromatic heterocycles. The second kappa shape index (κ2) is 4.46. The lowest BCUT2D eigenvalue weighted by Crippen LogP contribution is -2.24. The lowest BCUT2D eigenvalue weighted by Gasteiger charge is -2.15. The highest BCUT2D eigenvalue weighted by Gasteiger charge is 2.17. The molecule has 2 aromatic rings. The van der Waals surface area contributed by atoms with Gasteiger partial charge in [0, 0.05) is 11.9 Å². The number of benzene rings is 1. The van der Waals surface area contributed by atoms with Gasteiger partial charge in [-0.15, -0.1) is 0 Å². The molecule has 0 bridgehead atoms. The van der Waals surface area contributed by atoms with Gasteiger partial charge in [0.05, 0.1) is 11.1 Å². The Hall–Kier alpha value is -1.81. The van der Waals surface area contributed by atoms with Gasteiger partial charge in [-0.3, -0.25) is 9.69 Å². The summed E-state index contributed by atoms with van der Waals surface area (Å²) in [6.45, 7) is 2.55. The number of hydrogen-bond acceptors (Lipinski definition) is 3. The maximum absolute atomic E-state index is 12.0. The van der Waals surface area contributed by atoms with Crippen molar-refractivity contribution in [3.05, 3.63) is 40.2 Å². The van der Waals surface area contributed by atoms with Crippen molar-refractivity contribution in [1.29, 1.82) is 0 Å². The van der Waals surface area contributed by atoms with Crippen LogP contribution in [0.1, 0.15) is 18.4 Å². The smallest absolute Gasteiger partial charge is 0.256 e. The second-order valence-electron chi connectivity index (χ2n) is 4.81. The van der Waals surface area contributed by atoms with E-state index in [0.29, 0.717) is 23.0 Å². The van der Waals surface area contributed by atoms with Crippen molar-refractivity contribution in [2.75, 3.05) is 13.1 Å². The number of aromatic nitrogens is 1. The fourth-order valence-electron chi connectivity index (χ4n) is 2.58. The van der Waals surface area contributed by atoms with Crippen LogP contribution in [0.5, 0.6) is 5.75 Å². The summed E-state index contributed by atoms with van der Waals surface area (Å²) in [5.41, 5.74) is 0.985. The highest BCUT2D eigenvalue weighted by Crippen LogP contribution is 2.26. The number of pyridine rings is 1. The topological polar surface area (TPSA) is 56.3 Å². The largest absolute Gasteiger partial charge is 0.507 e. The van der Waals surface area contributed by atoms with Crippen LogP contribution in [0.2, 0.25) is 0 Å². The molecule has 2 N–H and O–H groups in total. The number of rotatable bonds is 2. The van der Waals surface area contributed by atoms with E-state index < -0.39 is 0 Å². The maximum Gasteiger partial charge on any atom is 0.256 e. The van der Waals surface area contributed by atoms with Gasteiger partial charge in [-0.25, -0.2) is 0 Å². The van der Waals surface area contributed by atoms with Gasteiger partial charge in [0.1, 0.15) is 5.75 Å². The highest BCUT2D eigenvalue weighted by molar-refractivity contribution is 5.85. The fourth-order valence-corrected chi connectivity index (χ4v) is 2.58. The Morgan fingerprint density at radius 3 is 2.72 bits per heavy atom. The highest BCUT2D eigenvalue weighted by atomic mass is 16.3. The number of nitrogens with one attached hydrogen (secondary N) is 1. The van der Waals surface area contributed by atoms with Crippen molar-refractivity contribution in [3.63, 3.8) is 0 Å². The molecule has 94 valence electrons. The maximum atomic E-state index is 12.0. The van der Waals surface area contributed by atoms with E-state index in [4.69, 9.17) is 0 Å². The Morgan fingerprint density at radius 2 is 1.94 bits per heavy atom. The first kappa shape index (κ1) is 11.3. The lowest BCUT2D eigenvalue weighted by molar-refractivity contribution is 0.323. The average Bonchev–Trinajstić information content (AvgIpc) is 2.87. The summed E-state index contributed by atoms with van der Waals surface area (Å²) < 4.78 is 0. The molecule has 2 heterocycles. The molecule has 0 saturated carbocycles. The van der Waals surface area contributed by atoms with Crippen LogP contribution in [0.4, 0.5) is 0 Å². The zero-order valence-corrected chi connectivity index (χ0v) is 10.1. The molecule has 1 saturated heterocycles. The first-order chi connectivity index (χ1) is 8.75. The molecule has 0 radical (unpaired) electrons. The Morgan fingerprint density at radius 1 is 1.22 bits per heavy atom. The van der Waals surface area contributed by atoms with E-state index in [1.807, 2.05) is 18.2 Å². The molecule has 18 heavy (non-hydrogen) atoms. The molecule has 1 aliphatic heterocycles. The summed E-state index contributed by atoms with van der Waals surface area (Å²) in [6.07, 6.45) is 2.35. The Labute approximate surface area is 105 Å². The van der Waals surface area contributed by atoms with Crippen LogP contribution in [0, 0.1) is 0 Å². The number of H-pyrrole nitrogens is 1. The van der Waals surface area contributed by atoms with E-state index in [9.17, 15) is 9.90 Å². The summed E-state index contributed by atoms with van der Waals surface area (Å²) in [6, 6.07) is 7.34. The van der Waals surface area contributed by atoms with E-state index in [1.54, 1.807) is 6.07 Å². The van der Waals surface area contributed by atoms with E-state index in [2.05, 4.69) is 9.88 Å². The van der Waals surface area contributed by atoms with Crippen molar-refractivity contribution in [1.82, 2.24) is 9.88 Å². The molecular weight excluding hydrogens is 228 g/mol. The van der Waals surface area contributed by atoms with Gasteiger partial charge in [-0.05, 0) is 38.1 Å². The van der Waals surface area contributed by atoms with Gasteiger partial charge in [0.2, 0.25) is 0 Å².